The van der Waals surface area contributed by atoms with Gasteiger partial charge in [0.15, 0.2) is 5.84 Å². The van der Waals surface area contributed by atoms with E-state index in [9.17, 15) is 14.7 Å². The average molecular weight is 397 g/mol. The lowest BCUT2D eigenvalue weighted by molar-refractivity contribution is -0.138. The van der Waals surface area contributed by atoms with Gasteiger partial charge in [0.1, 0.15) is 11.3 Å². The molecule has 1 heterocycles. The van der Waals surface area contributed by atoms with Crippen LogP contribution < -0.4 is 0 Å². The maximum Gasteiger partial charge on any atom is 0.343 e. The highest BCUT2D eigenvalue weighted by atomic mass is 35.5. The summed E-state index contributed by atoms with van der Waals surface area (Å²) in [6.45, 7) is 3.19. The van der Waals surface area contributed by atoms with Gasteiger partial charge in [0.25, 0.3) is 5.91 Å². The molecule has 0 unspecified atom stereocenters. The van der Waals surface area contributed by atoms with Gasteiger partial charge in [-0.1, -0.05) is 48.0 Å². The molecule has 2 aromatic rings. The first-order chi connectivity index (χ1) is 13.4. The maximum atomic E-state index is 12.6. The van der Waals surface area contributed by atoms with Crippen molar-refractivity contribution in [3.05, 3.63) is 81.6 Å². The van der Waals surface area contributed by atoms with Gasteiger partial charge < -0.3 is 9.84 Å². The summed E-state index contributed by atoms with van der Waals surface area (Å²) in [5, 5.41) is 10.3. The van der Waals surface area contributed by atoms with Gasteiger partial charge in [-0.2, -0.15) is 4.99 Å². The summed E-state index contributed by atoms with van der Waals surface area (Å²) in [6.07, 6.45) is 0. The maximum absolute atomic E-state index is 12.6. The van der Waals surface area contributed by atoms with Gasteiger partial charge in [0.05, 0.1) is 22.9 Å². The Morgan fingerprint density at radius 1 is 1.11 bits per heavy atom. The van der Waals surface area contributed by atoms with Crippen LogP contribution in [0.25, 0.3) is 0 Å². The van der Waals surface area contributed by atoms with Crippen LogP contribution in [-0.4, -0.2) is 35.1 Å². The van der Waals surface area contributed by atoms with Crippen LogP contribution >= 0.6 is 11.6 Å². The fraction of sp³-hybridized carbons (Fsp3) is 0.143. The SMILES string of the molecule is CCOC(=O)/C(C1=NC(=NC(=O)c2ccccc2Cl)c2ccccc21)=C(/C)O. The molecule has 2 aromatic carbocycles. The van der Waals surface area contributed by atoms with Gasteiger partial charge in [-0.05, 0) is 26.0 Å². The van der Waals surface area contributed by atoms with Crippen LogP contribution in [0.2, 0.25) is 5.02 Å². The number of esters is 1. The second-order valence-corrected chi connectivity index (χ2v) is 6.31. The molecule has 6 nitrogen and oxygen atoms in total. The van der Waals surface area contributed by atoms with Crippen molar-refractivity contribution in [2.75, 3.05) is 6.61 Å². The summed E-state index contributed by atoms with van der Waals surface area (Å²) in [5.41, 5.74) is 1.53. The van der Waals surface area contributed by atoms with Crippen molar-refractivity contribution in [1.82, 2.24) is 0 Å². The lowest BCUT2D eigenvalue weighted by Crippen LogP contribution is -2.18. The third kappa shape index (κ3) is 3.73. The number of rotatable bonds is 4. The molecule has 0 bridgehead atoms. The minimum Gasteiger partial charge on any atom is -0.512 e. The number of benzene rings is 2. The first-order valence-corrected chi connectivity index (χ1v) is 8.95. The molecule has 1 N–H and O–H groups in total. The molecular weight excluding hydrogens is 380 g/mol. The van der Waals surface area contributed by atoms with Crippen LogP contribution in [0.3, 0.4) is 0 Å². The number of allylic oxidation sites excluding steroid dienone is 1. The number of aliphatic imine (C=N–C) groups is 2. The van der Waals surface area contributed by atoms with Crippen LogP contribution in [0, 0.1) is 0 Å². The number of fused-ring (bicyclic) bond motifs is 1. The molecule has 28 heavy (non-hydrogen) atoms. The third-order valence-electron chi connectivity index (χ3n) is 4.03. The summed E-state index contributed by atoms with van der Waals surface area (Å²) in [5.74, 6) is -1.35. The van der Waals surface area contributed by atoms with Crippen molar-refractivity contribution in [2.45, 2.75) is 13.8 Å². The molecule has 1 amide bonds. The van der Waals surface area contributed by atoms with Crippen LogP contribution in [0.4, 0.5) is 0 Å². The van der Waals surface area contributed by atoms with E-state index in [0.29, 0.717) is 11.1 Å². The number of aliphatic hydroxyl groups excluding tert-OH is 1. The largest absolute Gasteiger partial charge is 0.512 e. The molecule has 142 valence electrons. The summed E-state index contributed by atoms with van der Waals surface area (Å²) < 4.78 is 5.03. The van der Waals surface area contributed by atoms with Crippen molar-refractivity contribution in [1.29, 1.82) is 0 Å². The van der Waals surface area contributed by atoms with E-state index in [1.165, 1.54) is 6.92 Å². The summed E-state index contributed by atoms with van der Waals surface area (Å²) in [4.78, 5) is 33.4. The van der Waals surface area contributed by atoms with E-state index in [4.69, 9.17) is 16.3 Å². The van der Waals surface area contributed by atoms with E-state index >= 15 is 0 Å². The molecule has 1 aliphatic rings. The Balaban J connectivity index is 2.11. The van der Waals surface area contributed by atoms with E-state index in [1.54, 1.807) is 55.5 Å². The van der Waals surface area contributed by atoms with Crippen molar-refractivity contribution >= 4 is 35.0 Å². The minimum atomic E-state index is -0.699. The van der Waals surface area contributed by atoms with Crippen LogP contribution in [0.5, 0.6) is 0 Å². The number of amides is 1. The second kappa shape index (κ2) is 8.19. The quantitative estimate of drug-likeness (QED) is 0.478. The predicted molar refractivity (Wildman–Crippen MR) is 107 cm³/mol. The van der Waals surface area contributed by atoms with Crippen molar-refractivity contribution in [3.63, 3.8) is 0 Å². The standard InChI is InChI=1S/C21H17ClN2O4/c1-3-28-21(27)17(12(2)25)18-13-8-4-5-9-14(13)19(23-18)24-20(26)15-10-6-7-11-16(15)22/h4-11,25H,3H2,1-2H3/b17-12-,24-19?. The summed E-state index contributed by atoms with van der Waals surface area (Å²) >= 11 is 6.07. The lowest BCUT2D eigenvalue weighted by Gasteiger charge is -2.08. The predicted octanol–water partition coefficient (Wildman–Crippen LogP) is 4.12. The van der Waals surface area contributed by atoms with Crippen LogP contribution in [0.1, 0.15) is 35.3 Å². The molecule has 1 aliphatic heterocycles. The summed E-state index contributed by atoms with van der Waals surface area (Å²) in [7, 11) is 0. The highest BCUT2D eigenvalue weighted by molar-refractivity contribution is 6.37. The number of carbonyl (C=O) groups is 2. The molecule has 0 saturated carbocycles. The van der Waals surface area contributed by atoms with Gasteiger partial charge in [0.2, 0.25) is 0 Å². The highest BCUT2D eigenvalue weighted by Crippen LogP contribution is 2.26. The topological polar surface area (TPSA) is 88.3 Å². The van der Waals surface area contributed by atoms with Crippen molar-refractivity contribution in [3.8, 4) is 0 Å². The molecule has 0 aromatic heterocycles. The Hall–Kier alpha value is -3.25. The molecule has 7 heteroatoms. The molecule has 0 radical (unpaired) electrons. The van der Waals surface area contributed by atoms with Crippen molar-refractivity contribution in [2.24, 2.45) is 9.98 Å². The number of ether oxygens (including phenoxy) is 1. The van der Waals surface area contributed by atoms with Gasteiger partial charge in [-0.25, -0.2) is 9.79 Å². The first-order valence-electron chi connectivity index (χ1n) is 8.57. The number of aliphatic hydroxyl groups is 1. The van der Waals surface area contributed by atoms with Crippen LogP contribution in [-0.2, 0) is 9.53 Å². The number of nitrogens with zero attached hydrogens (tertiary/aromatic N) is 2. The molecule has 0 atom stereocenters. The average Bonchev–Trinajstić information content (AvgIpc) is 3.00. The Labute approximate surface area is 166 Å². The number of amidine groups is 1. The number of carbonyl (C=O) groups excluding carboxylic acids is 2. The van der Waals surface area contributed by atoms with Crippen molar-refractivity contribution < 1.29 is 19.4 Å². The van der Waals surface area contributed by atoms with Crippen LogP contribution in [0.15, 0.2) is 69.8 Å². The van der Waals surface area contributed by atoms with E-state index in [1.807, 2.05) is 0 Å². The molecular formula is C21H17ClN2O4. The molecule has 0 saturated heterocycles. The fourth-order valence-electron chi connectivity index (χ4n) is 2.80. The Bertz CT molecular complexity index is 1050. The van der Waals surface area contributed by atoms with E-state index in [2.05, 4.69) is 9.98 Å². The Morgan fingerprint density at radius 2 is 1.75 bits per heavy atom. The highest BCUT2D eigenvalue weighted by Gasteiger charge is 2.30. The molecule has 0 aliphatic carbocycles. The monoisotopic (exact) mass is 396 g/mol. The zero-order valence-corrected chi connectivity index (χ0v) is 16.0. The Morgan fingerprint density at radius 3 is 2.39 bits per heavy atom. The smallest absolute Gasteiger partial charge is 0.343 e. The summed E-state index contributed by atoms with van der Waals surface area (Å²) in [6, 6.07) is 13.6. The first kappa shape index (κ1) is 19.5. The van der Waals surface area contributed by atoms with E-state index in [-0.39, 0.29) is 40.1 Å². The second-order valence-electron chi connectivity index (χ2n) is 5.91. The zero-order chi connectivity index (χ0) is 20.3. The van der Waals surface area contributed by atoms with Gasteiger partial charge in [-0.3, -0.25) is 4.79 Å². The molecule has 0 fully saturated rings. The fourth-order valence-corrected chi connectivity index (χ4v) is 3.01. The van der Waals surface area contributed by atoms with Gasteiger partial charge >= 0.3 is 5.97 Å². The molecule has 3 rings (SSSR count). The Kier molecular flexibility index (Phi) is 5.70. The van der Waals surface area contributed by atoms with Gasteiger partial charge in [0, 0.05) is 11.1 Å². The minimum absolute atomic E-state index is 0.0651. The van der Waals surface area contributed by atoms with E-state index < -0.39 is 11.9 Å². The van der Waals surface area contributed by atoms with E-state index in [0.717, 1.165) is 0 Å². The number of hydrogen-bond donors (Lipinski definition) is 1. The normalized spacial score (nSPS) is 15.0. The zero-order valence-electron chi connectivity index (χ0n) is 15.3. The third-order valence-corrected chi connectivity index (χ3v) is 4.36. The lowest BCUT2D eigenvalue weighted by atomic mass is 9.99. The van der Waals surface area contributed by atoms with Gasteiger partial charge in [-0.15, -0.1) is 0 Å². The number of halogens is 1. The molecule has 0 spiro atoms. The number of hydrogen-bond acceptors (Lipinski definition) is 4.